The second-order valence-electron chi connectivity index (χ2n) is 5.85. The number of rotatable bonds is 3. The summed E-state index contributed by atoms with van der Waals surface area (Å²) in [6, 6.07) is 6.74. The van der Waals surface area contributed by atoms with Gasteiger partial charge in [-0.2, -0.15) is 0 Å². The third-order valence-corrected chi connectivity index (χ3v) is 4.80. The minimum atomic E-state index is -0.289. The molecule has 1 aliphatic heterocycles. The molecule has 0 atom stereocenters. The molecule has 2 aromatic rings. The Morgan fingerprint density at radius 3 is 2.88 bits per heavy atom. The van der Waals surface area contributed by atoms with Gasteiger partial charge in [0.05, 0.1) is 7.11 Å². The molecule has 24 heavy (non-hydrogen) atoms. The first-order valence-electron chi connectivity index (χ1n) is 7.90. The second-order valence-corrected chi connectivity index (χ2v) is 6.26. The van der Waals surface area contributed by atoms with Crippen molar-refractivity contribution in [3.05, 3.63) is 56.5 Å². The number of hydrogen-bond acceptors (Lipinski definition) is 3. The summed E-state index contributed by atoms with van der Waals surface area (Å²) in [7, 11) is 1.47. The number of amides is 1. The molecule has 1 amide bonds. The first-order chi connectivity index (χ1) is 11.5. The number of pyridine rings is 1. The minimum absolute atomic E-state index is 0.128. The number of ether oxygens (including phenoxy) is 1. The van der Waals surface area contributed by atoms with Gasteiger partial charge in [0.1, 0.15) is 11.3 Å². The average Bonchev–Trinajstić information content (AvgIpc) is 2.58. The van der Waals surface area contributed by atoms with E-state index >= 15 is 0 Å². The van der Waals surface area contributed by atoms with Crippen LogP contribution >= 0.6 is 11.6 Å². The van der Waals surface area contributed by atoms with Crippen molar-refractivity contribution in [2.24, 2.45) is 0 Å². The van der Waals surface area contributed by atoms with Crippen molar-refractivity contribution in [1.82, 2.24) is 4.57 Å². The number of benzene rings is 1. The fourth-order valence-corrected chi connectivity index (χ4v) is 3.25. The van der Waals surface area contributed by atoms with Gasteiger partial charge in [-0.3, -0.25) is 9.59 Å². The molecule has 5 nitrogen and oxygen atoms in total. The minimum Gasteiger partial charge on any atom is -0.496 e. The van der Waals surface area contributed by atoms with Crippen LogP contribution in [0, 0.1) is 6.92 Å². The molecule has 2 heterocycles. The molecule has 0 bridgehead atoms. The lowest BCUT2D eigenvalue weighted by molar-refractivity contribution is 0.102. The van der Waals surface area contributed by atoms with E-state index in [-0.39, 0.29) is 11.5 Å². The molecule has 0 saturated carbocycles. The number of carbonyl (C=O) groups is 1. The Labute approximate surface area is 145 Å². The fraction of sp³-hybridized carbons (Fsp3) is 0.333. The SMILES string of the molecule is COc1cc(=O)n2c(c1C(=O)Nc1cccc(Cl)c1C)CCCC2. The van der Waals surface area contributed by atoms with E-state index in [1.54, 1.807) is 22.8 Å². The predicted octanol–water partition coefficient (Wildman–Crippen LogP) is 3.41. The van der Waals surface area contributed by atoms with E-state index in [1.807, 2.05) is 6.92 Å². The van der Waals surface area contributed by atoms with Crippen molar-refractivity contribution in [2.45, 2.75) is 32.7 Å². The Kier molecular flexibility index (Phi) is 4.62. The van der Waals surface area contributed by atoms with Gasteiger partial charge < -0.3 is 14.6 Å². The Bertz CT molecular complexity index is 858. The van der Waals surface area contributed by atoms with Crippen molar-refractivity contribution in [2.75, 3.05) is 12.4 Å². The highest BCUT2D eigenvalue weighted by Gasteiger charge is 2.24. The first-order valence-corrected chi connectivity index (χ1v) is 8.28. The molecule has 0 unspecified atom stereocenters. The van der Waals surface area contributed by atoms with Crippen LogP contribution in [-0.2, 0) is 13.0 Å². The Hall–Kier alpha value is -2.27. The van der Waals surface area contributed by atoms with Crippen LogP contribution in [0.25, 0.3) is 0 Å². The van der Waals surface area contributed by atoms with Crippen LogP contribution in [0.15, 0.2) is 29.1 Å². The number of hydrogen-bond donors (Lipinski definition) is 1. The Morgan fingerprint density at radius 2 is 2.12 bits per heavy atom. The molecule has 3 rings (SSSR count). The first kappa shape index (κ1) is 16.6. The van der Waals surface area contributed by atoms with E-state index in [0.717, 1.165) is 24.1 Å². The van der Waals surface area contributed by atoms with Gasteiger partial charge in [-0.25, -0.2) is 0 Å². The topological polar surface area (TPSA) is 60.3 Å². The van der Waals surface area contributed by atoms with Crippen LogP contribution in [0.5, 0.6) is 5.75 Å². The molecule has 126 valence electrons. The Balaban J connectivity index is 2.06. The summed E-state index contributed by atoms with van der Waals surface area (Å²) < 4.78 is 6.98. The number of fused-ring (bicyclic) bond motifs is 1. The zero-order valence-corrected chi connectivity index (χ0v) is 14.4. The van der Waals surface area contributed by atoms with Gasteiger partial charge in [0.25, 0.3) is 11.5 Å². The van der Waals surface area contributed by atoms with E-state index in [1.165, 1.54) is 13.2 Å². The van der Waals surface area contributed by atoms with E-state index in [2.05, 4.69) is 5.32 Å². The van der Waals surface area contributed by atoms with Gasteiger partial charge in [0.15, 0.2) is 0 Å². The number of carbonyl (C=O) groups excluding carboxylic acids is 1. The number of nitrogens with zero attached hydrogens (tertiary/aromatic N) is 1. The maximum atomic E-state index is 12.9. The largest absolute Gasteiger partial charge is 0.496 e. The van der Waals surface area contributed by atoms with Gasteiger partial charge in [-0.1, -0.05) is 17.7 Å². The molecular weight excluding hydrogens is 328 g/mol. The second kappa shape index (κ2) is 6.69. The third kappa shape index (κ3) is 2.91. The molecule has 0 radical (unpaired) electrons. The van der Waals surface area contributed by atoms with Crippen molar-refractivity contribution >= 4 is 23.2 Å². The maximum Gasteiger partial charge on any atom is 0.261 e. The van der Waals surface area contributed by atoms with Gasteiger partial charge in [-0.15, -0.1) is 0 Å². The number of aromatic nitrogens is 1. The molecule has 0 saturated heterocycles. The van der Waals surface area contributed by atoms with Gasteiger partial charge in [0.2, 0.25) is 0 Å². The van der Waals surface area contributed by atoms with Crippen LogP contribution < -0.4 is 15.6 Å². The quantitative estimate of drug-likeness (QED) is 0.926. The van der Waals surface area contributed by atoms with Crippen LogP contribution in [0.4, 0.5) is 5.69 Å². The van der Waals surface area contributed by atoms with Crippen LogP contribution in [0.1, 0.15) is 34.5 Å². The van der Waals surface area contributed by atoms with E-state index in [9.17, 15) is 9.59 Å². The van der Waals surface area contributed by atoms with E-state index in [4.69, 9.17) is 16.3 Å². The average molecular weight is 347 g/mol. The highest BCUT2D eigenvalue weighted by atomic mass is 35.5. The summed E-state index contributed by atoms with van der Waals surface area (Å²) in [5.41, 5.74) is 2.49. The molecule has 1 aromatic carbocycles. The molecule has 0 fully saturated rings. The van der Waals surface area contributed by atoms with E-state index < -0.39 is 0 Å². The molecule has 1 N–H and O–H groups in total. The summed E-state index contributed by atoms with van der Waals surface area (Å²) >= 11 is 6.12. The van der Waals surface area contributed by atoms with Gasteiger partial charge in [0, 0.05) is 29.0 Å². The summed E-state index contributed by atoms with van der Waals surface area (Å²) in [5.74, 6) is 0.0215. The lowest BCUT2D eigenvalue weighted by atomic mass is 10.0. The lowest BCUT2D eigenvalue weighted by Crippen LogP contribution is -2.30. The number of halogens is 1. The van der Waals surface area contributed by atoms with Crippen molar-refractivity contribution < 1.29 is 9.53 Å². The number of nitrogens with one attached hydrogen (secondary N) is 1. The summed E-state index contributed by atoms with van der Waals surface area (Å²) in [5, 5.41) is 3.48. The predicted molar refractivity (Wildman–Crippen MR) is 94.3 cm³/mol. The molecule has 6 heteroatoms. The summed E-state index contributed by atoms with van der Waals surface area (Å²) in [4.78, 5) is 25.1. The summed E-state index contributed by atoms with van der Waals surface area (Å²) in [6.07, 6.45) is 2.57. The lowest BCUT2D eigenvalue weighted by Gasteiger charge is -2.23. The van der Waals surface area contributed by atoms with Crippen molar-refractivity contribution in [1.29, 1.82) is 0 Å². The Morgan fingerprint density at radius 1 is 1.33 bits per heavy atom. The van der Waals surface area contributed by atoms with Crippen molar-refractivity contribution in [3.63, 3.8) is 0 Å². The highest BCUT2D eigenvalue weighted by molar-refractivity contribution is 6.31. The third-order valence-electron chi connectivity index (χ3n) is 4.39. The monoisotopic (exact) mass is 346 g/mol. The fourth-order valence-electron chi connectivity index (χ4n) is 3.07. The zero-order chi connectivity index (χ0) is 17.3. The van der Waals surface area contributed by atoms with E-state index in [0.29, 0.717) is 35.0 Å². The van der Waals surface area contributed by atoms with Crippen molar-refractivity contribution in [3.8, 4) is 5.75 Å². The zero-order valence-electron chi connectivity index (χ0n) is 13.7. The van der Waals surface area contributed by atoms with Crippen LogP contribution in [-0.4, -0.2) is 17.6 Å². The molecular formula is C18H19ClN2O3. The van der Waals surface area contributed by atoms with Crippen LogP contribution in [0.2, 0.25) is 5.02 Å². The molecule has 0 spiro atoms. The van der Waals surface area contributed by atoms with Gasteiger partial charge in [-0.05, 0) is 43.9 Å². The normalized spacial score (nSPS) is 13.3. The number of methoxy groups -OCH3 is 1. The standard InChI is InChI=1S/C18H19ClN2O3/c1-11-12(19)6-5-7-13(11)20-18(23)17-14-8-3-4-9-21(14)16(22)10-15(17)24-2/h5-7,10H,3-4,8-9H2,1-2H3,(H,20,23). The summed E-state index contributed by atoms with van der Waals surface area (Å²) in [6.45, 7) is 2.48. The molecule has 1 aliphatic rings. The molecule has 0 aliphatic carbocycles. The highest BCUT2D eigenvalue weighted by Crippen LogP contribution is 2.28. The van der Waals surface area contributed by atoms with Gasteiger partial charge >= 0.3 is 0 Å². The smallest absolute Gasteiger partial charge is 0.261 e. The van der Waals surface area contributed by atoms with Crippen LogP contribution in [0.3, 0.4) is 0 Å². The maximum absolute atomic E-state index is 12.9. The molecule has 1 aromatic heterocycles. The number of anilines is 1.